The number of nitrogens with one attached hydrogen (secondary N) is 2. The van der Waals surface area contributed by atoms with E-state index in [1.165, 1.54) is 0 Å². The van der Waals surface area contributed by atoms with E-state index in [0.29, 0.717) is 10.0 Å². The lowest BCUT2D eigenvalue weighted by Crippen LogP contribution is -2.02. The first-order valence-corrected chi connectivity index (χ1v) is 6.86. The number of hydrogen-bond acceptors (Lipinski definition) is 3. The first kappa shape index (κ1) is 14.0. The van der Waals surface area contributed by atoms with Gasteiger partial charge in [0.25, 0.3) is 0 Å². The number of rotatable bonds is 5. The Hall–Kier alpha value is -1.45. The average Bonchev–Trinajstić information content (AvgIpc) is 2.41. The molecule has 0 fully saturated rings. The van der Waals surface area contributed by atoms with Crippen molar-refractivity contribution in [2.24, 2.45) is 0 Å². The van der Waals surface area contributed by atoms with Crippen molar-refractivity contribution in [3.05, 3.63) is 46.6 Å². The predicted molar refractivity (Wildman–Crippen MR) is 82.8 cm³/mol. The summed E-state index contributed by atoms with van der Waals surface area (Å²) in [7, 11) is 0. The Morgan fingerprint density at radius 2 is 2.00 bits per heavy atom. The van der Waals surface area contributed by atoms with Crippen LogP contribution >= 0.6 is 23.2 Å². The molecule has 100 valence electrons. The van der Waals surface area contributed by atoms with Crippen LogP contribution in [-0.4, -0.2) is 11.5 Å². The van der Waals surface area contributed by atoms with Gasteiger partial charge in [0.15, 0.2) is 0 Å². The van der Waals surface area contributed by atoms with E-state index < -0.39 is 0 Å². The minimum absolute atomic E-state index is 0.629. The maximum Gasteiger partial charge on any atom is 0.127 e. The zero-order valence-electron chi connectivity index (χ0n) is 10.6. The van der Waals surface area contributed by atoms with Crippen LogP contribution in [0.5, 0.6) is 0 Å². The molecule has 2 rings (SSSR count). The molecule has 0 radical (unpaired) electrons. The van der Waals surface area contributed by atoms with E-state index in [2.05, 4.69) is 22.5 Å². The highest BCUT2D eigenvalue weighted by atomic mass is 35.5. The Balaban J connectivity index is 2.16. The van der Waals surface area contributed by atoms with Gasteiger partial charge in [0.2, 0.25) is 0 Å². The van der Waals surface area contributed by atoms with Crippen molar-refractivity contribution in [3.63, 3.8) is 0 Å². The zero-order chi connectivity index (χ0) is 13.7. The van der Waals surface area contributed by atoms with E-state index in [0.717, 1.165) is 30.2 Å². The average molecular weight is 296 g/mol. The normalized spacial score (nSPS) is 10.3. The van der Waals surface area contributed by atoms with E-state index in [9.17, 15) is 0 Å². The van der Waals surface area contributed by atoms with Gasteiger partial charge >= 0.3 is 0 Å². The van der Waals surface area contributed by atoms with Crippen molar-refractivity contribution in [2.75, 3.05) is 17.2 Å². The predicted octanol–water partition coefficient (Wildman–Crippen LogP) is 4.95. The molecule has 0 spiro atoms. The van der Waals surface area contributed by atoms with E-state index in [-0.39, 0.29) is 0 Å². The molecule has 0 aliphatic heterocycles. The van der Waals surface area contributed by atoms with Gasteiger partial charge in [0.1, 0.15) is 5.82 Å². The highest BCUT2D eigenvalue weighted by Gasteiger charge is 2.03. The van der Waals surface area contributed by atoms with Crippen LogP contribution in [0.2, 0.25) is 10.0 Å². The summed E-state index contributed by atoms with van der Waals surface area (Å²) in [5.41, 5.74) is 1.69. The number of pyridine rings is 1. The second kappa shape index (κ2) is 6.64. The summed E-state index contributed by atoms with van der Waals surface area (Å²) >= 11 is 12.1. The maximum atomic E-state index is 6.12. The van der Waals surface area contributed by atoms with Gasteiger partial charge in [0, 0.05) is 29.5 Å². The highest BCUT2D eigenvalue weighted by Crippen LogP contribution is 2.28. The van der Waals surface area contributed by atoms with Crippen LogP contribution < -0.4 is 10.6 Å². The van der Waals surface area contributed by atoms with E-state index in [1.54, 1.807) is 24.4 Å². The molecule has 19 heavy (non-hydrogen) atoms. The quantitative estimate of drug-likeness (QED) is 0.819. The zero-order valence-corrected chi connectivity index (χ0v) is 12.1. The lowest BCUT2D eigenvalue weighted by Gasteiger charge is -2.10. The first-order chi connectivity index (χ1) is 9.19. The Bertz CT molecular complexity index is 558. The highest BCUT2D eigenvalue weighted by molar-refractivity contribution is 6.35. The van der Waals surface area contributed by atoms with Gasteiger partial charge in [-0.1, -0.05) is 30.1 Å². The largest absolute Gasteiger partial charge is 0.370 e. The minimum atomic E-state index is 0.629. The van der Waals surface area contributed by atoms with Crippen molar-refractivity contribution in [1.82, 2.24) is 4.98 Å². The minimum Gasteiger partial charge on any atom is -0.370 e. The van der Waals surface area contributed by atoms with Gasteiger partial charge < -0.3 is 10.6 Å². The number of aromatic nitrogens is 1. The summed E-state index contributed by atoms with van der Waals surface area (Å²) in [5, 5.41) is 7.74. The number of anilines is 3. The monoisotopic (exact) mass is 295 g/mol. The molecule has 3 nitrogen and oxygen atoms in total. The number of hydrogen-bond donors (Lipinski definition) is 2. The molecule has 0 aliphatic carbocycles. The Morgan fingerprint density at radius 3 is 2.79 bits per heavy atom. The molecule has 1 aromatic heterocycles. The molecule has 0 amide bonds. The third kappa shape index (κ3) is 4.01. The topological polar surface area (TPSA) is 37.0 Å². The summed E-state index contributed by atoms with van der Waals surface area (Å²) in [6.45, 7) is 3.01. The molecule has 1 aromatic carbocycles. The number of nitrogens with zero attached hydrogens (tertiary/aromatic N) is 1. The number of halogens is 2. The number of benzene rings is 1. The fraction of sp³-hybridized carbons (Fsp3) is 0.214. The van der Waals surface area contributed by atoms with E-state index in [1.807, 2.05) is 12.1 Å². The Kier molecular flexibility index (Phi) is 4.88. The van der Waals surface area contributed by atoms with Gasteiger partial charge in [-0.2, -0.15) is 0 Å². The van der Waals surface area contributed by atoms with Crippen LogP contribution in [0.25, 0.3) is 0 Å². The SMILES string of the molecule is CCCNc1cc(Nc2cc(Cl)ccc2Cl)ccn1. The van der Waals surface area contributed by atoms with Crippen molar-refractivity contribution < 1.29 is 0 Å². The van der Waals surface area contributed by atoms with Crippen molar-refractivity contribution in [1.29, 1.82) is 0 Å². The summed E-state index contributed by atoms with van der Waals surface area (Å²) in [5.74, 6) is 0.838. The fourth-order valence-corrected chi connectivity index (χ4v) is 1.94. The first-order valence-electron chi connectivity index (χ1n) is 6.11. The van der Waals surface area contributed by atoms with Gasteiger partial charge in [-0.25, -0.2) is 4.98 Å². The van der Waals surface area contributed by atoms with E-state index in [4.69, 9.17) is 23.2 Å². The van der Waals surface area contributed by atoms with Crippen LogP contribution in [0.15, 0.2) is 36.5 Å². The lowest BCUT2D eigenvalue weighted by molar-refractivity contribution is 0.969. The molecule has 0 unspecified atom stereocenters. The van der Waals surface area contributed by atoms with Gasteiger partial charge in [-0.05, 0) is 30.7 Å². The molecule has 1 heterocycles. The summed E-state index contributed by atoms with van der Waals surface area (Å²) in [4.78, 5) is 4.25. The Morgan fingerprint density at radius 1 is 1.16 bits per heavy atom. The van der Waals surface area contributed by atoms with Crippen LogP contribution in [-0.2, 0) is 0 Å². The van der Waals surface area contributed by atoms with Crippen LogP contribution in [0.3, 0.4) is 0 Å². The molecule has 0 atom stereocenters. The summed E-state index contributed by atoms with van der Waals surface area (Å²) in [6, 6.07) is 9.14. The van der Waals surface area contributed by atoms with Gasteiger partial charge in [-0.3, -0.25) is 0 Å². The smallest absolute Gasteiger partial charge is 0.127 e. The third-order valence-electron chi connectivity index (χ3n) is 2.52. The molecule has 0 bridgehead atoms. The maximum absolute atomic E-state index is 6.12. The molecule has 0 saturated carbocycles. The second-order valence-electron chi connectivity index (χ2n) is 4.11. The molecule has 5 heteroatoms. The van der Waals surface area contributed by atoms with Crippen LogP contribution in [0.4, 0.5) is 17.2 Å². The lowest BCUT2D eigenvalue weighted by atomic mass is 10.3. The molecule has 0 saturated heterocycles. The van der Waals surface area contributed by atoms with E-state index >= 15 is 0 Å². The standard InChI is InChI=1S/C14H15Cl2N3/c1-2-6-17-14-9-11(5-7-18-14)19-13-8-10(15)3-4-12(13)16/h3-5,7-9H,2,6H2,1H3,(H2,17,18,19). The van der Waals surface area contributed by atoms with Gasteiger partial charge in [-0.15, -0.1) is 0 Å². The molecule has 2 N–H and O–H groups in total. The molecular weight excluding hydrogens is 281 g/mol. The molecule has 2 aromatic rings. The van der Waals surface area contributed by atoms with Crippen molar-refractivity contribution >= 4 is 40.4 Å². The molecule has 0 aliphatic rings. The van der Waals surface area contributed by atoms with Crippen molar-refractivity contribution in [3.8, 4) is 0 Å². The van der Waals surface area contributed by atoms with Crippen LogP contribution in [0, 0.1) is 0 Å². The molecular formula is C14H15Cl2N3. The second-order valence-corrected chi connectivity index (χ2v) is 4.95. The van der Waals surface area contributed by atoms with Crippen LogP contribution in [0.1, 0.15) is 13.3 Å². The fourth-order valence-electron chi connectivity index (χ4n) is 1.61. The Labute approximate surface area is 123 Å². The van der Waals surface area contributed by atoms with Gasteiger partial charge in [0.05, 0.1) is 10.7 Å². The summed E-state index contributed by atoms with van der Waals surface area (Å²) in [6.07, 6.45) is 2.80. The summed E-state index contributed by atoms with van der Waals surface area (Å²) < 4.78 is 0. The third-order valence-corrected chi connectivity index (χ3v) is 3.09. The van der Waals surface area contributed by atoms with Crippen molar-refractivity contribution in [2.45, 2.75) is 13.3 Å².